The van der Waals surface area contributed by atoms with Gasteiger partial charge in [-0.2, -0.15) is 0 Å². The van der Waals surface area contributed by atoms with E-state index in [4.69, 9.17) is 10.5 Å². The van der Waals surface area contributed by atoms with Crippen molar-refractivity contribution in [3.8, 4) is 5.75 Å². The highest BCUT2D eigenvalue weighted by Gasteiger charge is 2.13. The van der Waals surface area contributed by atoms with E-state index >= 15 is 0 Å². The fourth-order valence-electron chi connectivity index (χ4n) is 2.30. The summed E-state index contributed by atoms with van der Waals surface area (Å²) in [4.78, 5) is 0. The number of halogens is 1. The third kappa shape index (κ3) is 3.58. The Morgan fingerprint density at radius 3 is 2.40 bits per heavy atom. The van der Waals surface area contributed by atoms with Gasteiger partial charge < -0.3 is 10.5 Å². The van der Waals surface area contributed by atoms with E-state index in [1.54, 1.807) is 12.1 Å². The quantitative estimate of drug-likeness (QED) is 0.904. The third-order valence-electron chi connectivity index (χ3n) is 3.41. The number of hydrogen-bond donors (Lipinski definition) is 1. The Hall–Kier alpha value is -1.87. The summed E-state index contributed by atoms with van der Waals surface area (Å²) in [5.41, 5.74) is 9.53. The molecular weight excluding hydrogens is 253 g/mol. The average Bonchev–Trinajstić information content (AvgIpc) is 2.43. The molecule has 2 nitrogen and oxygen atoms in total. The smallest absolute Gasteiger partial charge is 0.123 e. The number of benzene rings is 2. The molecule has 0 aliphatic heterocycles. The van der Waals surface area contributed by atoms with Crippen molar-refractivity contribution in [2.24, 2.45) is 5.73 Å². The first kappa shape index (κ1) is 14.5. The zero-order valence-electron chi connectivity index (χ0n) is 11.9. The van der Waals surface area contributed by atoms with E-state index in [-0.39, 0.29) is 11.7 Å². The molecule has 106 valence electrons. The van der Waals surface area contributed by atoms with Crippen LogP contribution in [0, 0.1) is 19.7 Å². The van der Waals surface area contributed by atoms with Crippen molar-refractivity contribution in [1.82, 2.24) is 0 Å². The zero-order chi connectivity index (χ0) is 14.5. The molecule has 0 saturated carbocycles. The molecule has 0 aromatic heterocycles. The maximum atomic E-state index is 12.8. The molecule has 0 spiro atoms. The van der Waals surface area contributed by atoms with Crippen LogP contribution in [0.15, 0.2) is 42.5 Å². The van der Waals surface area contributed by atoms with Gasteiger partial charge in [-0.1, -0.05) is 23.8 Å². The van der Waals surface area contributed by atoms with Gasteiger partial charge in [0.15, 0.2) is 0 Å². The Kier molecular flexibility index (Phi) is 4.74. The molecule has 2 aromatic rings. The molecule has 0 radical (unpaired) electrons. The standard InChI is InChI=1S/C17H20FNO/c1-12-3-8-17(13(2)9-12)14(10-19)11-20-16-6-4-15(18)5-7-16/h3-9,14H,10-11,19H2,1-2H3. The number of rotatable bonds is 5. The molecule has 0 aliphatic rings. The Labute approximate surface area is 119 Å². The summed E-state index contributed by atoms with van der Waals surface area (Å²) in [6, 6.07) is 12.4. The normalized spacial score (nSPS) is 12.2. The summed E-state index contributed by atoms with van der Waals surface area (Å²) in [6.07, 6.45) is 0. The topological polar surface area (TPSA) is 35.2 Å². The lowest BCUT2D eigenvalue weighted by atomic mass is 9.94. The number of aryl methyl sites for hydroxylation is 2. The van der Waals surface area contributed by atoms with E-state index in [2.05, 4.69) is 32.0 Å². The van der Waals surface area contributed by atoms with Crippen molar-refractivity contribution < 1.29 is 9.13 Å². The van der Waals surface area contributed by atoms with E-state index in [1.165, 1.54) is 28.8 Å². The van der Waals surface area contributed by atoms with E-state index in [1.807, 2.05) is 0 Å². The van der Waals surface area contributed by atoms with Crippen LogP contribution in [0.5, 0.6) is 5.75 Å². The predicted octanol–water partition coefficient (Wildman–Crippen LogP) is 3.56. The number of nitrogens with two attached hydrogens (primary N) is 1. The van der Waals surface area contributed by atoms with Crippen LogP contribution >= 0.6 is 0 Å². The zero-order valence-corrected chi connectivity index (χ0v) is 11.9. The van der Waals surface area contributed by atoms with Gasteiger partial charge in [0.2, 0.25) is 0 Å². The molecule has 0 bridgehead atoms. The van der Waals surface area contributed by atoms with Gasteiger partial charge in [-0.15, -0.1) is 0 Å². The third-order valence-corrected chi connectivity index (χ3v) is 3.41. The molecule has 0 amide bonds. The minimum Gasteiger partial charge on any atom is -0.493 e. The van der Waals surface area contributed by atoms with Crippen molar-refractivity contribution in [2.75, 3.05) is 13.2 Å². The van der Waals surface area contributed by atoms with Crippen LogP contribution < -0.4 is 10.5 Å². The fourth-order valence-corrected chi connectivity index (χ4v) is 2.30. The van der Waals surface area contributed by atoms with E-state index in [0.29, 0.717) is 18.9 Å². The summed E-state index contributed by atoms with van der Waals surface area (Å²) in [5, 5.41) is 0. The van der Waals surface area contributed by atoms with E-state index in [9.17, 15) is 4.39 Å². The van der Waals surface area contributed by atoms with Gasteiger partial charge in [0.25, 0.3) is 0 Å². The molecule has 0 aliphatic carbocycles. The lowest BCUT2D eigenvalue weighted by molar-refractivity contribution is 0.289. The monoisotopic (exact) mass is 273 g/mol. The number of hydrogen-bond acceptors (Lipinski definition) is 2. The van der Waals surface area contributed by atoms with Crippen molar-refractivity contribution in [3.05, 3.63) is 65.0 Å². The van der Waals surface area contributed by atoms with Crippen LogP contribution in [0.2, 0.25) is 0 Å². The highest BCUT2D eigenvalue weighted by atomic mass is 19.1. The predicted molar refractivity (Wildman–Crippen MR) is 79.6 cm³/mol. The Balaban J connectivity index is 2.07. The highest BCUT2D eigenvalue weighted by Crippen LogP contribution is 2.22. The summed E-state index contributed by atoms with van der Waals surface area (Å²) in [7, 11) is 0. The van der Waals surface area contributed by atoms with Crippen LogP contribution in [0.25, 0.3) is 0 Å². The molecule has 1 unspecified atom stereocenters. The van der Waals surface area contributed by atoms with Gasteiger partial charge in [-0.25, -0.2) is 4.39 Å². The maximum absolute atomic E-state index is 12.8. The minimum atomic E-state index is -0.262. The van der Waals surface area contributed by atoms with E-state index < -0.39 is 0 Å². The molecule has 2 N–H and O–H groups in total. The molecule has 20 heavy (non-hydrogen) atoms. The summed E-state index contributed by atoms with van der Waals surface area (Å²) >= 11 is 0. The first-order chi connectivity index (χ1) is 9.60. The van der Waals surface area contributed by atoms with Crippen molar-refractivity contribution >= 4 is 0 Å². The fraction of sp³-hybridized carbons (Fsp3) is 0.294. The largest absolute Gasteiger partial charge is 0.493 e. The van der Waals surface area contributed by atoms with Gasteiger partial charge in [-0.3, -0.25) is 0 Å². The van der Waals surface area contributed by atoms with Gasteiger partial charge >= 0.3 is 0 Å². The Morgan fingerprint density at radius 2 is 1.80 bits per heavy atom. The van der Waals surface area contributed by atoms with Gasteiger partial charge in [0, 0.05) is 12.5 Å². The van der Waals surface area contributed by atoms with Crippen LogP contribution in [-0.2, 0) is 0 Å². The first-order valence-electron chi connectivity index (χ1n) is 6.75. The Bertz CT molecular complexity index is 566. The second-order valence-electron chi connectivity index (χ2n) is 5.06. The molecular formula is C17H20FNO. The molecule has 3 heteroatoms. The van der Waals surface area contributed by atoms with Crippen molar-refractivity contribution in [2.45, 2.75) is 19.8 Å². The van der Waals surface area contributed by atoms with Crippen LogP contribution in [-0.4, -0.2) is 13.2 Å². The van der Waals surface area contributed by atoms with Crippen LogP contribution in [0.3, 0.4) is 0 Å². The second kappa shape index (κ2) is 6.53. The van der Waals surface area contributed by atoms with Crippen LogP contribution in [0.4, 0.5) is 4.39 Å². The van der Waals surface area contributed by atoms with Crippen molar-refractivity contribution in [1.29, 1.82) is 0 Å². The summed E-state index contributed by atoms with van der Waals surface area (Å²) in [6.45, 7) is 5.17. The first-order valence-corrected chi connectivity index (χ1v) is 6.75. The average molecular weight is 273 g/mol. The molecule has 0 heterocycles. The molecule has 0 fully saturated rings. The number of ether oxygens (including phenoxy) is 1. The molecule has 2 rings (SSSR count). The lowest BCUT2D eigenvalue weighted by Crippen LogP contribution is -2.20. The van der Waals surface area contributed by atoms with Crippen LogP contribution in [0.1, 0.15) is 22.6 Å². The van der Waals surface area contributed by atoms with Crippen molar-refractivity contribution in [3.63, 3.8) is 0 Å². The SMILES string of the molecule is Cc1ccc(C(CN)COc2ccc(F)cc2)c(C)c1. The lowest BCUT2D eigenvalue weighted by Gasteiger charge is -2.19. The highest BCUT2D eigenvalue weighted by molar-refractivity contribution is 5.33. The minimum absolute atomic E-state index is 0.139. The van der Waals surface area contributed by atoms with Gasteiger partial charge in [-0.05, 0) is 49.2 Å². The summed E-state index contributed by atoms with van der Waals surface area (Å²) < 4.78 is 18.5. The van der Waals surface area contributed by atoms with Gasteiger partial charge in [0.1, 0.15) is 11.6 Å². The molecule has 1 atom stereocenters. The maximum Gasteiger partial charge on any atom is 0.123 e. The Morgan fingerprint density at radius 1 is 1.10 bits per heavy atom. The molecule has 2 aromatic carbocycles. The second-order valence-corrected chi connectivity index (χ2v) is 5.06. The summed E-state index contributed by atoms with van der Waals surface area (Å²) in [5.74, 6) is 0.539. The van der Waals surface area contributed by atoms with E-state index in [0.717, 1.165) is 0 Å². The van der Waals surface area contributed by atoms with Gasteiger partial charge in [0.05, 0.1) is 6.61 Å². The molecule has 0 saturated heterocycles.